The summed E-state index contributed by atoms with van der Waals surface area (Å²) in [7, 11) is 0. The van der Waals surface area contributed by atoms with Gasteiger partial charge in [-0.15, -0.1) is 45.3 Å². The van der Waals surface area contributed by atoms with Gasteiger partial charge in [-0.1, -0.05) is 80.2 Å². The van der Waals surface area contributed by atoms with Crippen LogP contribution in [0.25, 0.3) is 85.9 Å². The number of halogens is 6. The van der Waals surface area contributed by atoms with Gasteiger partial charge in [-0.25, -0.2) is 64.0 Å². The number of carbonyl (C=O) groups is 4. The quantitative estimate of drug-likeness (QED) is 0.0506. The van der Waals surface area contributed by atoms with E-state index in [4.69, 9.17) is 22.9 Å². The van der Waals surface area contributed by atoms with Gasteiger partial charge in [-0.05, 0) is 131 Å². The number of hydrogen-bond donors (Lipinski definition) is 12. The van der Waals surface area contributed by atoms with Gasteiger partial charge in [0, 0.05) is 82.6 Å². The lowest BCUT2D eigenvalue weighted by Crippen LogP contribution is -2.21. The fourth-order valence-corrected chi connectivity index (χ4v) is 15.4. The van der Waals surface area contributed by atoms with Crippen molar-refractivity contribution in [1.82, 2.24) is 49.8 Å². The van der Waals surface area contributed by atoms with Crippen LogP contribution in [-0.4, -0.2) is 74.0 Å². The highest BCUT2D eigenvalue weighted by Crippen LogP contribution is 2.43. The Morgan fingerprint density at radius 1 is 0.333 bits per heavy atom. The Kier molecular flexibility index (Phi) is 25.1. The number of benzene rings is 6. The van der Waals surface area contributed by atoms with E-state index in [1.165, 1.54) is 78.3 Å². The van der Waals surface area contributed by atoms with Crippen molar-refractivity contribution in [2.45, 2.75) is 47.5 Å². The topological polar surface area (TPSA) is 397 Å². The summed E-state index contributed by atoms with van der Waals surface area (Å²) in [6, 6.07) is 44.5. The number of carbonyl (C=O) groups excluding carboxylic acids is 4. The van der Waals surface area contributed by atoms with Crippen molar-refractivity contribution in [3.63, 3.8) is 0 Å². The van der Waals surface area contributed by atoms with Gasteiger partial charge in [0.2, 0.25) is 0 Å². The number of alkyl halides is 6. The number of aryl methyl sites for hydroxylation is 4. The minimum absolute atomic E-state index is 0. The first-order valence-electron chi connectivity index (χ1n) is 34.6. The van der Waals surface area contributed by atoms with Crippen LogP contribution in [-0.2, 0) is 12.4 Å². The number of amides is 8. The van der Waals surface area contributed by atoms with E-state index in [1.807, 2.05) is 82.3 Å². The molecule has 6 aromatic carbocycles. The molecule has 0 aliphatic heterocycles. The van der Waals surface area contributed by atoms with E-state index in [-0.39, 0.29) is 30.9 Å². The number of hydrogen-bond acceptors (Lipinski definition) is 22. The molecule has 36 heteroatoms. The maximum atomic E-state index is 13.1. The van der Waals surface area contributed by atoms with Crippen LogP contribution in [0.2, 0.25) is 0 Å². The predicted molar refractivity (Wildman–Crippen MR) is 457 cm³/mol. The Morgan fingerprint density at radius 2 is 0.667 bits per heavy atom. The second-order valence-corrected chi connectivity index (χ2v) is 29.9. The van der Waals surface area contributed by atoms with Crippen molar-refractivity contribution in [1.29, 1.82) is 0 Å². The molecule has 0 spiro atoms. The van der Waals surface area contributed by atoms with Crippen LogP contribution in [0, 0.1) is 27.7 Å². The summed E-state index contributed by atoms with van der Waals surface area (Å²) in [5, 5.41) is 24.1. The number of rotatable bonds is 12. The van der Waals surface area contributed by atoms with Gasteiger partial charge in [-0.2, -0.15) is 26.3 Å². The summed E-state index contributed by atoms with van der Waals surface area (Å²) in [4.78, 5) is 98.8. The highest BCUT2D eigenvalue weighted by Gasteiger charge is 2.34. The third-order valence-corrected chi connectivity index (χ3v) is 21.3. The van der Waals surface area contributed by atoms with Crippen LogP contribution in [0.5, 0.6) is 0 Å². The molecule has 0 fully saturated rings. The summed E-state index contributed by atoms with van der Waals surface area (Å²) in [6.07, 6.45) is 1.71. The van der Waals surface area contributed by atoms with Crippen molar-refractivity contribution in [3.8, 4) is 45.0 Å². The van der Waals surface area contributed by atoms with Gasteiger partial charge in [0.1, 0.15) is 50.4 Å². The molecule has 16 N–H and O–H groups in total. The van der Waals surface area contributed by atoms with Gasteiger partial charge in [0.05, 0.1) is 95.8 Å². The lowest BCUT2D eigenvalue weighted by Gasteiger charge is -2.14. The third kappa shape index (κ3) is 19.6. The lowest BCUT2D eigenvalue weighted by molar-refractivity contribution is -0.138. The molecule has 8 amide bonds. The fraction of sp³-hybridized carbons (Fsp3) is 0.0864. The number of nitrogens with zero attached hydrogens (tertiary/aromatic N) is 10. The van der Waals surface area contributed by atoms with E-state index in [9.17, 15) is 45.5 Å². The molecule has 0 bridgehead atoms. The van der Waals surface area contributed by atoms with Crippen molar-refractivity contribution in [2.75, 3.05) is 65.5 Å². The molecule has 0 radical (unpaired) electrons. The number of thiophene rings is 4. The largest absolute Gasteiger partial charge is 0.418 e. The van der Waals surface area contributed by atoms with Crippen molar-refractivity contribution in [2.24, 2.45) is 0 Å². The molecule has 0 aliphatic rings. The minimum atomic E-state index is -4.58. The van der Waals surface area contributed by atoms with E-state index in [0.717, 1.165) is 101 Å². The number of urea groups is 4. The van der Waals surface area contributed by atoms with Gasteiger partial charge in [-0.3, -0.25) is 10.3 Å². The number of nitrogen functional groups attached to an aromatic ring is 4. The molecule has 0 saturated carbocycles. The second-order valence-electron chi connectivity index (χ2n) is 25.1. The van der Waals surface area contributed by atoms with Crippen molar-refractivity contribution < 1.29 is 45.5 Å². The van der Waals surface area contributed by atoms with Gasteiger partial charge in [0.25, 0.3) is 0 Å². The number of pyridine rings is 2. The average molecular weight is 1660 g/mol. The number of nitrogens with one attached hydrogen (secondary N) is 8. The number of para-hydroxylation sites is 1. The number of anilines is 12. The second kappa shape index (κ2) is 35.8. The van der Waals surface area contributed by atoms with Crippen molar-refractivity contribution >= 4 is 179 Å². The molecular formula is C81H68F6N22O4S4. The van der Waals surface area contributed by atoms with Gasteiger partial charge >= 0.3 is 36.5 Å². The van der Waals surface area contributed by atoms with Crippen LogP contribution in [0.3, 0.4) is 0 Å². The minimum Gasteiger partial charge on any atom is -0.397 e. The molecule has 592 valence electrons. The number of fused-ring (bicyclic) bond motifs is 4. The first kappa shape index (κ1) is 82.1. The van der Waals surface area contributed by atoms with E-state index in [2.05, 4.69) is 92.4 Å². The van der Waals surface area contributed by atoms with Crippen LogP contribution in [0.1, 0.15) is 38.1 Å². The molecule has 0 atom stereocenters. The zero-order valence-corrected chi connectivity index (χ0v) is 64.4. The monoisotopic (exact) mass is 1650 g/mol. The SMILES string of the molecule is C.Cc1sc2ncnc(-c3cccc(NC(=O)Nc4cccc(C(F)(F)F)c4)c3)c2c1N.Cc1sc2ncnc(-c3cccc(NC(=O)Nc4ccccc4C(F)(F)F)c3)c2c1N.Cc1sc2ncnc(-c3cccc(NC(=O)Nc4ccccn4)c3)c2c1N.Cc1sc2ncnc(-c3cccc(NC(=O)Nc4cccnc4)c3)c2c1N. The molecule has 16 aromatic rings. The lowest BCUT2D eigenvalue weighted by atomic mass is 10.1. The summed E-state index contributed by atoms with van der Waals surface area (Å²) < 4.78 is 78.0. The highest BCUT2D eigenvalue weighted by molar-refractivity contribution is 7.20. The Labute approximate surface area is 678 Å². The van der Waals surface area contributed by atoms with Crippen LogP contribution < -0.4 is 65.5 Å². The number of aromatic nitrogens is 10. The molecule has 26 nitrogen and oxygen atoms in total. The van der Waals surface area contributed by atoms with E-state index < -0.39 is 35.5 Å². The molecule has 10 aromatic heterocycles. The summed E-state index contributed by atoms with van der Waals surface area (Å²) in [6.45, 7) is 7.73. The predicted octanol–water partition coefficient (Wildman–Crippen LogP) is 21.0. The fourth-order valence-electron chi connectivity index (χ4n) is 11.8. The molecule has 16 rings (SSSR count). The standard InChI is InChI=1S/2C21H16F3N5OS.2C19H16N6OS.CH4/c1-11-17(25)16-18(26-10-27-19(16)31-11)12-4-2-6-14(8-12)28-20(30)29-15-7-3-5-13(9-15)21(22,23)24;1-11-17(25)16-18(26-10-27-19(16)31-11)12-5-4-6-13(9-12)28-20(30)29-15-8-3-2-7-14(15)21(22,23)24;1-11-16(20)15-17(22-10-23-18(15)27-11)12-4-2-5-13(8-12)24-19(26)25-14-6-3-7-21-9-14;1-11-16(20)15-17(22-10-23-18(15)27-11)12-5-4-6-13(9-12)24-19(26)25-14-7-2-3-8-21-14;/h2*2-10H,25H2,1H3,(H2,28,29,30);2-10H,20H2,1H3,(H2,24,25,26);2-10H,20H2,1H3,(H2,21,24,25,26);1H4. The summed E-state index contributed by atoms with van der Waals surface area (Å²) in [5.41, 5.74) is 33.9. The van der Waals surface area contributed by atoms with E-state index in [0.29, 0.717) is 79.5 Å². The third-order valence-electron chi connectivity index (χ3n) is 17.2. The highest BCUT2D eigenvalue weighted by atomic mass is 32.1. The zero-order chi connectivity index (χ0) is 82.0. The first-order valence-corrected chi connectivity index (χ1v) is 37.8. The number of nitrogens with two attached hydrogens (primary N) is 4. The molecule has 10 heterocycles. The maximum Gasteiger partial charge on any atom is 0.418 e. The summed E-state index contributed by atoms with van der Waals surface area (Å²) in [5.74, 6) is 0.477. The summed E-state index contributed by atoms with van der Waals surface area (Å²) >= 11 is 6.01. The van der Waals surface area contributed by atoms with Crippen LogP contribution in [0.15, 0.2) is 220 Å². The van der Waals surface area contributed by atoms with Crippen LogP contribution >= 0.6 is 45.3 Å². The van der Waals surface area contributed by atoms with Gasteiger partial charge < -0.3 is 60.2 Å². The molecule has 0 saturated heterocycles. The molecule has 0 unspecified atom stereocenters. The van der Waals surface area contributed by atoms with E-state index >= 15 is 0 Å². The molecule has 117 heavy (non-hydrogen) atoms. The Bertz CT molecular complexity index is 6170. The first-order chi connectivity index (χ1) is 55.7. The Hall–Kier alpha value is -14.4. The normalized spacial score (nSPS) is 11.0. The smallest absolute Gasteiger partial charge is 0.397 e. The zero-order valence-electron chi connectivity index (χ0n) is 61.1. The maximum absolute atomic E-state index is 13.1. The van der Waals surface area contributed by atoms with Crippen molar-refractivity contribution in [3.05, 3.63) is 250 Å². The molecular weight excluding hydrogens is 1590 g/mol. The molecule has 0 aliphatic carbocycles. The Balaban J connectivity index is 0.000000143. The van der Waals surface area contributed by atoms with Crippen LogP contribution in [0.4, 0.5) is 114 Å². The van der Waals surface area contributed by atoms with E-state index in [1.54, 1.807) is 114 Å². The van der Waals surface area contributed by atoms with Gasteiger partial charge in [0.15, 0.2) is 0 Å². The Morgan fingerprint density at radius 3 is 1.02 bits per heavy atom. The average Bonchev–Trinajstić information content (AvgIpc) is 1.66.